The van der Waals surface area contributed by atoms with Crippen LogP contribution in [0.25, 0.3) is 11.6 Å². The van der Waals surface area contributed by atoms with Crippen molar-refractivity contribution >= 4 is 17.5 Å². The molecule has 128 valence electrons. The highest BCUT2D eigenvalue weighted by molar-refractivity contribution is 5.92. The van der Waals surface area contributed by atoms with E-state index >= 15 is 0 Å². The highest BCUT2D eigenvalue weighted by atomic mass is 19.3. The number of hydrazine groups is 1. The van der Waals surface area contributed by atoms with E-state index in [-0.39, 0.29) is 11.8 Å². The Bertz CT molecular complexity index is 908. The Morgan fingerprint density at radius 2 is 2.04 bits per heavy atom. The van der Waals surface area contributed by atoms with Crippen molar-refractivity contribution in [3.8, 4) is 0 Å². The summed E-state index contributed by atoms with van der Waals surface area (Å²) >= 11 is 0. The van der Waals surface area contributed by atoms with E-state index < -0.39 is 5.92 Å². The quantitative estimate of drug-likeness (QED) is 0.894. The summed E-state index contributed by atoms with van der Waals surface area (Å²) in [6, 6.07) is 10.3. The van der Waals surface area contributed by atoms with Gasteiger partial charge in [0.25, 0.3) is 0 Å². The number of amidine groups is 1. The smallest absolute Gasteiger partial charge is 0.301 e. The van der Waals surface area contributed by atoms with E-state index in [2.05, 4.69) is 10.5 Å². The summed E-state index contributed by atoms with van der Waals surface area (Å²) in [6.45, 7) is 0.812. The lowest BCUT2D eigenvalue weighted by molar-refractivity contribution is -0.00565. The number of rotatable bonds is 3. The molecule has 2 aliphatic rings. The molecule has 1 aliphatic carbocycles. The Balaban J connectivity index is 1.78. The molecule has 0 saturated heterocycles. The van der Waals surface area contributed by atoms with Crippen LogP contribution in [-0.4, -0.2) is 11.0 Å². The van der Waals surface area contributed by atoms with Crippen LogP contribution in [0.3, 0.4) is 0 Å². The summed E-state index contributed by atoms with van der Waals surface area (Å²) in [7, 11) is 0. The predicted octanol–water partition coefficient (Wildman–Crippen LogP) is 3.59. The molecular weight excluding hydrogens is 326 g/mol. The van der Waals surface area contributed by atoms with E-state index in [1.165, 1.54) is 6.07 Å². The second-order valence-corrected chi connectivity index (χ2v) is 6.02. The lowest BCUT2D eigenvalue weighted by atomic mass is 10.0. The maximum Gasteiger partial charge on any atom is 0.301 e. The van der Waals surface area contributed by atoms with Crippen molar-refractivity contribution in [1.29, 1.82) is 0 Å². The molecule has 0 saturated carbocycles. The van der Waals surface area contributed by atoms with Crippen LogP contribution in [0.15, 0.2) is 58.2 Å². The molecule has 1 unspecified atom stereocenters. The number of furan rings is 1. The van der Waals surface area contributed by atoms with E-state index in [1.54, 1.807) is 23.5 Å². The van der Waals surface area contributed by atoms with Gasteiger partial charge in [0.1, 0.15) is 17.6 Å². The molecule has 0 radical (unpaired) electrons. The molecule has 7 heteroatoms. The van der Waals surface area contributed by atoms with Crippen LogP contribution >= 0.6 is 0 Å². The fourth-order valence-electron chi connectivity index (χ4n) is 3.02. The summed E-state index contributed by atoms with van der Waals surface area (Å²) in [5, 5.41) is 5.89. The number of hydrogen-bond donors (Lipinski definition) is 2. The zero-order chi connectivity index (χ0) is 17.6. The van der Waals surface area contributed by atoms with Gasteiger partial charge in [-0.15, -0.1) is 5.10 Å². The van der Waals surface area contributed by atoms with Gasteiger partial charge in [-0.25, -0.2) is 0 Å². The number of alkyl halides is 2. The average Bonchev–Trinajstić information content (AvgIpc) is 3.19. The van der Waals surface area contributed by atoms with Crippen molar-refractivity contribution in [1.82, 2.24) is 10.5 Å². The Labute approximate surface area is 143 Å². The highest BCUT2D eigenvalue weighted by Crippen LogP contribution is 2.45. The molecule has 3 N–H and O–H groups in total. The molecular formula is C18H16F2N4O. The predicted molar refractivity (Wildman–Crippen MR) is 91.1 cm³/mol. The maximum atomic E-state index is 13.5. The summed E-state index contributed by atoms with van der Waals surface area (Å²) in [4.78, 5) is 0. The molecule has 1 aromatic heterocycles. The molecule has 0 spiro atoms. The molecule has 2 aromatic rings. The van der Waals surface area contributed by atoms with Crippen molar-refractivity contribution in [2.75, 3.05) is 0 Å². The normalized spacial score (nSPS) is 19.3. The van der Waals surface area contributed by atoms with Crippen LogP contribution in [0.4, 0.5) is 8.78 Å². The zero-order valence-corrected chi connectivity index (χ0v) is 13.4. The van der Waals surface area contributed by atoms with Crippen LogP contribution in [0, 0.1) is 0 Å². The number of nitrogens with zero attached hydrogens (tertiary/aromatic N) is 2. The summed E-state index contributed by atoms with van der Waals surface area (Å²) in [6.07, 6.45) is 5.24. The second kappa shape index (κ2) is 5.47. The molecule has 1 aliphatic heterocycles. The van der Waals surface area contributed by atoms with Gasteiger partial charge in [-0.1, -0.05) is 24.3 Å². The standard InChI is InChI=1S/C18H16F2N4O/c1-18(19,20)15-7-6-14(25-15)13-10-11-4-2-3-5-12(11)17(13)24-22-9-8-16(21)23-24/h2-10,17,22H,1H3,(H2,21,23). The van der Waals surface area contributed by atoms with E-state index in [1.807, 2.05) is 30.3 Å². The van der Waals surface area contributed by atoms with E-state index in [0.717, 1.165) is 23.6 Å². The van der Waals surface area contributed by atoms with Crippen LogP contribution in [0.2, 0.25) is 0 Å². The molecule has 0 amide bonds. The first kappa shape index (κ1) is 15.4. The van der Waals surface area contributed by atoms with E-state index in [9.17, 15) is 8.78 Å². The molecule has 25 heavy (non-hydrogen) atoms. The van der Waals surface area contributed by atoms with Crippen molar-refractivity contribution in [3.05, 3.63) is 71.3 Å². The minimum Gasteiger partial charge on any atom is -0.455 e. The summed E-state index contributed by atoms with van der Waals surface area (Å²) in [5.41, 5.74) is 11.5. The topological polar surface area (TPSA) is 66.8 Å². The fraction of sp³-hybridized carbons (Fsp3) is 0.167. The minimum absolute atomic E-state index is 0.343. The van der Waals surface area contributed by atoms with E-state index in [0.29, 0.717) is 11.6 Å². The van der Waals surface area contributed by atoms with Gasteiger partial charge in [-0.3, -0.25) is 5.43 Å². The van der Waals surface area contributed by atoms with Crippen molar-refractivity contribution in [2.24, 2.45) is 10.8 Å². The number of hydrazone groups is 1. The Hall–Kier alpha value is -3.09. The minimum atomic E-state index is -3.03. The first-order chi connectivity index (χ1) is 11.9. The Morgan fingerprint density at radius 1 is 1.24 bits per heavy atom. The van der Waals surface area contributed by atoms with Gasteiger partial charge >= 0.3 is 5.92 Å². The highest BCUT2D eigenvalue weighted by Gasteiger charge is 2.35. The van der Waals surface area contributed by atoms with Gasteiger partial charge in [0.15, 0.2) is 5.76 Å². The van der Waals surface area contributed by atoms with Gasteiger partial charge in [0.2, 0.25) is 0 Å². The van der Waals surface area contributed by atoms with Gasteiger partial charge in [0.05, 0.1) is 0 Å². The lowest BCUT2D eigenvalue weighted by Gasteiger charge is -2.30. The van der Waals surface area contributed by atoms with E-state index in [4.69, 9.17) is 10.2 Å². The van der Waals surface area contributed by atoms with Crippen molar-refractivity contribution in [3.63, 3.8) is 0 Å². The average molecular weight is 342 g/mol. The molecule has 5 nitrogen and oxygen atoms in total. The third-order valence-electron chi connectivity index (χ3n) is 4.15. The number of nitrogens with two attached hydrogens (primary N) is 1. The number of nitrogens with one attached hydrogen (secondary N) is 1. The Morgan fingerprint density at radius 3 is 2.76 bits per heavy atom. The molecule has 2 heterocycles. The molecule has 4 rings (SSSR count). The first-order valence-electron chi connectivity index (χ1n) is 7.78. The second-order valence-electron chi connectivity index (χ2n) is 6.02. The fourth-order valence-corrected chi connectivity index (χ4v) is 3.02. The van der Waals surface area contributed by atoms with Crippen LogP contribution in [0.1, 0.15) is 35.6 Å². The SMILES string of the molecule is CC(F)(F)c1ccc(C2=Cc3ccccc3C2N2N=C(N)C=CN2)o1. The maximum absolute atomic E-state index is 13.5. The molecule has 1 aromatic carbocycles. The lowest BCUT2D eigenvalue weighted by Crippen LogP contribution is -2.38. The van der Waals surface area contributed by atoms with Gasteiger partial charge in [-0.05, 0) is 35.4 Å². The van der Waals surface area contributed by atoms with Crippen molar-refractivity contribution < 1.29 is 13.2 Å². The van der Waals surface area contributed by atoms with Crippen LogP contribution in [-0.2, 0) is 5.92 Å². The largest absolute Gasteiger partial charge is 0.455 e. The van der Waals surface area contributed by atoms with Crippen LogP contribution < -0.4 is 11.2 Å². The molecule has 0 bridgehead atoms. The third-order valence-corrected chi connectivity index (χ3v) is 4.15. The number of fused-ring (bicyclic) bond motifs is 1. The van der Waals surface area contributed by atoms with Gasteiger partial charge in [0, 0.05) is 18.7 Å². The number of hydrogen-bond acceptors (Lipinski definition) is 5. The summed E-state index contributed by atoms with van der Waals surface area (Å²) in [5.74, 6) is -2.67. The van der Waals surface area contributed by atoms with Crippen molar-refractivity contribution in [2.45, 2.75) is 18.9 Å². The zero-order valence-electron chi connectivity index (χ0n) is 13.4. The van der Waals surface area contributed by atoms with Gasteiger partial charge < -0.3 is 10.2 Å². The Kier molecular flexibility index (Phi) is 3.38. The first-order valence-corrected chi connectivity index (χ1v) is 7.78. The summed E-state index contributed by atoms with van der Waals surface area (Å²) < 4.78 is 32.5. The van der Waals surface area contributed by atoms with Gasteiger partial charge in [-0.2, -0.15) is 13.9 Å². The molecule has 0 fully saturated rings. The molecule has 1 atom stereocenters. The number of benzene rings is 1. The number of halogens is 2. The van der Waals surface area contributed by atoms with Crippen LogP contribution in [0.5, 0.6) is 0 Å². The third kappa shape index (κ3) is 2.67. The monoisotopic (exact) mass is 342 g/mol.